The fraction of sp³-hybridized carbons (Fsp3) is 0.692. The Hall–Kier alpha value is -0.390. The molecule has 1 aliphatic carbocycles. The Kier molecular flexibility index (Phi) is 6.63. The molecule has 0 bridgehead atoms. The summed E-state index contributed by atoms with van der Waals surface area (Å²) in [7, 11) is 0. The molecule has 1 unspecified atom stereocenters. The van der Waals surface area contributed by atoms with E-state index in [1.807, 2.05) is 17.8 Å². The molecule has 1 aliphatic rings. The second kappa shape index (κ2) is 7.84. The molecule has 1 N–H and O–H groups in total. The highest BCUT2D eigenvalue weighted by molar-refractivity contribution is 7.99. The zero-order valence-corrected chi connectivity index (χ0v) is 10.2. The summed E-state index contributed by atoms with van der Waals surface area (Å²) < 4.78 is 0. The van der Waals surface area contributed by atoms with Crippen molar-refractivity contribution in [2.45, 2.75) is 31.7 Å². The minimum Gasteiger partial charge on any atom is -0.313 e. The second-order valence-corrected chi connectivity index (χ2v) is 5.13. The highest BCUT2D eigenvalue weighted by Gasteiger charge is 2.29. The molecular formula is C13H21NS. The Morgan fingerprint density at radius 3 is 3.00 bits per heavy atom. The number of allylic oxidation sites excluding steroid dienone is 1. The third kappa shape index (κ3) is 5.92. The molecule has 0 aromatic heterocycles. The minimum atomic E-state index is 0.717. The van der Waals surface area contributed by atoms with Gasteiger partial charge in [0.2, 0.25) is 0 Å². The van der Waals surface area contributed by atoms with Crippen LogP contribution in [0.25, 0.3) is 0 Å². The van der Waals surface area contributed by atoms with E-state index in [4.69, 9.17) is 6.42 Å². The van der Waals surface area contributed by atoms with Gasteiger partial charge in [0.15, 0.2) is 0 Å². The van der Waals surface area contributed by atoms with Crippen molar-refractivity contribution in [3.05, 3.63) is 12.7 Å². The predicted molar refractivity (Wildman–Crippen MR) is 70.1 cm³/mol. The first-order valence-corrected chi connectivity index (χ1v) is 6.89. The van der Waals surface area contributed by atoms with Gasteiger partial charge in [0.05, 0.1) is 5.75 Å². The number of hydrogen-bond acceptors (Lipinski definition) is 2. The number of nitrogens with one attached hydrogen (secondary N) is 1. The number of hydrogen-bond donors (Lipinski definition) is 1. The van der Waals surface area contributed by atoms with Crippen molar-refractivity contribution < 1.29 is 0 Å². The van der Waals surface area contributed by atoms with E-state index in [0.29, 0.717) is 0 Å². The van der Waals surface area contributed by atoms with Crippen LogP contribution in [0.5, 0.6) is 0 Å². The first kappa shape index (κ1) is 12.7. The number of terminal acetylenes is 1. The van der Waals surface area contributed by atoms with Gasteiger partial charge in [0, 0.05) is 18.3 Å². The van der Waals surface area contributed by atoms with E-state index >= 15 is 0 Å². The summed E-state index contributed by atoms with van der Waals surface area (Å²) in [6.07, 6.45) is 12.4. The minimum absolute atomic E-state index is 0.717. The SMILES string of the molecule is C#CCSCCNC(CCC=C)C1CC1. The monoisotopic (exact) mass is 223 g/mol. The van der Waals surface area contributed by atoms with Crippen molar-refractivity contribution in [1.29, 1.82) is 0 Å². The van der Waals surface area contributed by atoms with Gasteiger partial charge < -0.3 is 5.32 Å². The summed E-state index contributed by atoms with van der Waals surface area (Å²) in [5, 5.41) is 3.64. The van der Waals surface area contributed by atoms with Gasteiger partial charge >= 0.3 is 0 Å². The lowest BCUT2D eigenvalue weighted by Gasteiger charge is -2.17. The molecule has 2 heteroatoms. The molecule has 0 saturated heterocycles. The molecule has 1 saturated carbocycles. The van der Waals surface area contributed by atoms with E-state index in [-0.39, 0.29) is 0 Å². The molecular weight excluding hydrogens is 202 g/mol. The van der Waals surface area contributed by atoms with E-state index in [0.717, 1.165) is 36.4 Å². The molecule has 0 aliphatic heterocycles. The molecule has 1 atom stereocenters. The van der Waals surface area contributed by atoms with Gasteiger partial charge in [-0.3, -0.25) is 0 Å². The van der Waals surface area contributed by atoms with E-state index in [9.17, 15) is 0 Å². The molecule has 1 rings (SSSR count). The van der Waals surface area contributed by atoms with Crippen LogP contribution in [-0.4, -0.2) is 24.1 Å². The maximum atomic E-state index is 5.19. The fourth-order valence-corrected chi connectivity index (χ4v) is 2.27. The normalized spacial score (nSPS) is 17.0. The Labute approximate surface area is 98.1 Å². The van der Waals surface area contributed by atoms with E-state index in [2.05, 4.69) is 17.8 Å². The third-order valence-electron chi connectivity index (χ3n) is 2.71. The molecule has 1 nitrogen and oxygen atoms in total. The molecule has 0 radical (unpaired) electrons. The molecule has 1 fully saturated rings. The van der Waals surface area contributed by atoms with Crippen LogP contribution in [-0.2, 0) is 0 Å². The van der Waals surface area contributed by atoms with Crippen molar-refractivity contribution in [2.75, 3.05) is 18.1 Å². The molecule has 0 aromatic carbocycles. The standard InChI is InChI=1S/C13H21NS/c1-3-5-6-13(12-7-8-12)14-9-11-15-10-4-2/h2-3,12-14H,1,5-11H2. The van der Waals surface area contributed by atoms with Gasteiger partial charge in [0.25, 0.3) is 0 Å². The van der Waals surface area contributed by atoms with Crippen LogP contribution in [0.3, 0.4) is 0 Å². The van der Waals surface area contributed by atoms with Gasteiger partial charge in [0.1, 0.15) is 0 Å². The maximum absolute atomic E-state index is 5.19. The maximum Gasteiger partial charge on any atom is 0.0545 e. The van der Waals surface area contributed by atoms with Crippen LogP contribution < -0.4 is 5.32 Å². The Morgan fingerprint density at radius 1 is 1.60 bits per heavy atom. The summed E-state index contributed by atoms with van der Waals surface area (Å²) in [4.78, 5) is 0. The Balaban J connectivity index is 2.04. The van der Waals surface area contributed by atoms with Gasteiger partial charge in [-0.15, -0.1) is 24.8 Å². The van der Waals surface area contributed by atoms with Crippen LogP contribution >= 0.6 is 11.8 Å². The van der Waals surface area contributed by atoms with Crippen LogP contribution in [0.1, 0.15) is 25.7 Å². The van der Waals surface area contributed by atoms with Gasteiger partial charge in [-0.25, -0.2) is 0 Å². The summed E-state index contributed by atoms with van der Waals surface area (Å²) in [5.74, 6) is 5.54. The Bertz CT molecular complexity index is 215. The molecule has 84 valence electrons. The average Bonchev–Trinajstić information content (AvgIpc) is 3.06. The van der Waals surface area contributed by atoms with E-state index in [1.165, 1.54) is 19.3 Å². The van der Waals surface area contributed by atoms with Crippen LogP contribution in [0, 0.1) is 18.3 Å². The van der Waals surface area contributed by atoms with Crippen LogP contribution in [0.4, 0.5) is 0 Å². The first-order chi connectivity index (χ1) is 7.38. The van der Waals surface area contributed by atoms with Gasteiger partial charge in [-0.1, -0.05) is 12.0 Å². The van der Waals surface area contributed by atoms with Crippen LogP contribution in [0.15, 0.2) is 12.7 Å². The van der Waals surface area contributed by atoms with Crippen molar-refractivity contribution in [3.8, 4) is 12.3 Å². The van der Waals surface area contributed by atoms with E-state index < -0.39 is 0 Å². The third-order valence-corrected chi connectivity index (χ3v) is 3.57. The molecule has 15 heavy (non-hydrogen) atoms. The van der Waals surface area contributed by atoms with Crippen molar-refractivity contribution in [1.82, 2.24) is 5.32 Å². The van der Waals surface area contributed by atoms with Crippen LogP contribution in [0.2, 0.25) is 0 Å². The Morgan fingerprint density at radius 2 is 2.40 bits per heavy atom. The number of rotatable bonds is 9. The quantitative estimate of drug-likeness (QED) is 0.366. The summed E-state index contributed by atoms with van der Waals surface area (Å²) in [6, 6.07) is 0.717. The predicted octanol–water partition coefficient (Wildman–Crippen LogP) is 2.69. The summed E-state index contributed by atoms with van der Waals surface area (Å²) in [6.45, 7) is 4.87. The lowest BCUT2D eigenvalue weighted by Crippen LogP contribution is -2.32. The zero-order valence-electron chi connectivity index (χ0n) is 9.37. The topological polar surface area (TPSA) is 12.0 Å². The fourth-order valence-electron chi connectivity index (χ4n) is 1.75. The first-order valence-electron chi connectivity index (χ1n) is 5.74. The summed E-state index contributed by atoms with van der Waals surface area (Å²) in [5.41, 5.74) is 0. The highest BCUT2D eigenvalue weighted by atomic mass is 32.2. The van der Waals surface area contributed by atoms with Gasteiger partial charge in [-0.2, -0.15) is 0 Å². The largest absolute Gasteiger partial charge is 0.313 e. The molecule has 0 amide bonds. The smallest absolute Gasteiger partial charge is 0.0545 e. The van der Waals surface area contributed by atoms with Crippen molar-refractivity contribution in [3.63, 3.8) is 0 Å². The average molecular weight is 223 g/mol. The highest BCUT2D eigenvalue weighted by Crippen LogP contribution is 2.34. The lowest BCUT2D eigenvalue weighted by molar-refractivity contribution is 0.451. The van der Waals surface area contributed by atoms with Crippen molar-refractivity contribution in [2.24, 2.45) is 5.92 Å². The molecule has 0 heterocycles. The molecule has 0 aromatic rings. The number of thioether (sulfide) groups is 1. The molecule has 0 spiro atoms. The second-order valence-electron chi connectivity index (χ2n) is 4.02. The zero-order chi connectivity index (χ0) is 10.9. The van der Waals surface area contributed by atoms with Gasteiger partial charge in [-0.05, 0) is 31.6 Å². The summed E-state index contributed by atoms with van der Waals surface area (Å²) >= 11 is 1.83. The van der Waals surface area contributed by atoms with E-state index in [1.54, 1.807) is 0 Å². The van der Waals surface area contributed by atoms with Crippen molar-refractivity contribution >= 4 is 11.8 Å². The lowest BCUT2D eigenvalue weighted by atomic mass is 10.1.